The van der Waals surface area contributed by atoms with Crippen molar-refractivity contribution < 1.29 is 4.74 Å². The highest BCUT2D eigenvalue weighted by Crippen LogP contribution is 2.23. The zero-order chi connectivity index (χ0) is 18.8. The molecule has 2 aromatic heterocycles. The van der Waals surface area contributed by atoms with Crippen molar-refractivity contribution >= 4 is 17.6 Å². The summed E-state index contributed by atoms with van der Waals surface area (Å²) in [5, 5.41) is 0. The number of hydrogen-bond acceptors (Lipinski definition) is 8. The molecule has 0 atom stereocenters. The van der Waals surface area contributed by atoms with Crippen molar-refractivity contribution in [3.8, 4) is 0 Å². The van der Waals surface area contributed by atoms with Gasteiger partial charge in [0.15, 0.2) is 0 Å². The van der Waals surface area contributed by atoms with Crippen LogP contribution in [0.1, 0.15) is 17.0 Å². The quantitative estimate of drug-likeness (QED) is 0.803. The Labute approximate surface area is 160 Å². The van der Waals surface area contributed by atoms with Crippen LogP contribution in [0.5, 0.6) is 0 Å². The fourth-order valence-corrected chi connectivity index (χ4v) is 3.60. The zero-order valence-corrected chi connectivity index (χ0v) is 16.4. The Morgan fingerprint density at radius 1 is 0.815 bits per heavy atom. The number of ether oxygens (including phenoxy) is 1. The lowest BCUT2D eigenvalue weighted by Gasteiger charge is -2.37. The molecule has 27 heavy (non-hydrogen) atoms. The van der Waals surface area contributed by atoms with E-state index in [1.54, 1.807) is 6.33 Å². The molecule has 0 amide bonds. The molecule has 0 bridgehead atoms. The molecule has 0 radical (unpaired) electrons. The Hall–Kier alpha value is -2.48. The van der Waals surface area contributed by atoms with Crippen LogP contribution in [0.25, 0.3) is 0 Å². The molecule has 0 aromatic carbocycles. The number of piperazine rings is 1. The van der Waals surface area contributed by atoms with Crippen LogP contribution in [0.15, 0.2) is 12.4 Å². The van der Waals surface area contributed by atoms with E-state index >= 15 is 0 Å². The van der Waals surface area contributed by atoms with Crippen molar-refractivity contribution in [3.63, 3.8) is 0 Å². The van der Waals surface area contributed by atoms with Gasteiger partial charge in [0.05, 0.1) is 13.2 Å². The van der Waals surface area contributed by atoms with Crippen molar-refractivity contribution in [2.75, 3.05) is 67.2 Å². The Kier molecular flexibility index (Phi) is 5.07. The average molecular weight is 369 g/mol. The lowest BCUT2D eigenvalue weighted by atomic mass is 10.2. The third-order valence-corrected chi connectivity index (χ3v) is 5.34. The van der Waals surface area contributed by atoms with Gasteiger partial charge in [0.1, 0.15) is 18.0 Å². The molecule has 2 fully saturated rings. The predicted molar refractivity (Wildman–Crippen MR) is 106 cm³/mol. The first-order valence-electron chi connectivity index (χ1n) is 9.58. The summed E-state index contributed by atoms with van der Waals surface area (Å²) in [7, 11) is 0. The van der Waals surface area contributed by atoms with Crippen molar-refractivity contribution in [2.45, 2.75) is 20.8 Å². The van der Waals surface area contributed by atoms with Gasteiger partial charge in [-0.05, 0) is 20.8 Å². The smallest absolute Gasteiger partial charge is 0.227 e. The van der Waals surface area contributed by atoms with Gasteiger partial charge in [0.2, 0.25) is 5.95 Å². The van der Waals surface area contributed by atoms with Crippen molar-refractivity contribution in [3.05, 3.63) is 29.3 Å². The number of aromatic nitrogens is 4. The Balaban J connectivity index is 1.48. The van der Waals surface area contributed by atoms with E-state index in [0.717, 1.165) is 81.5 Å². The van der Waals surface area contributed by atoms with E-state index in [2.05, 4.69) is 42.6 Å². The molecule has 2 aliphatic heterocycles. The van der Waals surface area contributed by atoms with Crippen LogP contribution in [0.4, 0.5) is 17.6 Å². The molecule has 2 aromatic rings. The Bertz CT molecular complexity index is 799. The molecule has 8 heteroatoms. The van der Waals surface area contributed by atoms with Crippen LogP contribution in [-0.2, 0) is 4.74 Å². The van der Waals surface area contributed by atoms with Crippen molar-refractivity contribution in [1.29, 1.82) is 0 Å². The molecule has 0 aliphatic carbocycles. The summed E-state index contributed by atoms with van der Waals surface area (Å²) in [6.45, 7) is 13.0. The third-order valence-electron chi connectivity index (χ3n) is 5.34. The van der Waals surface area contributed by atoms with E-state index in [9.17, 15) is 0 Å². The molecule has 0 N–H and O–H groups in total. The molecule has 0 unspecified atom stereocenters. The van der Waals surface area contributed by atoms with Gasteiger partial charge in [-0.15, -0.1) is 0 Å². The molecule has 2 saturated heterocycles. The summed E-state index contributed by atoms with van der Waals surface area (Å²) >= 11 is 0. The minimum atomic E-state index is 0.739. The van der Waals surface area contributed by atoms with Gasteiger partial charge in [-0.1, -0.05) is 0 Å². The van der Waals surface area contributed by atoms with Crippen LogP contribution >= 0.6 is 0 Å². The molecule has 4 heterocycles. The number of morpholine rings is 1. The number of nitrogens with zero attached hydrogens (tertiary/aromatic N) is 7. The van der Waals surface area contributed by atoms with Gasteiger partial charge in [-0.2, -0.15) is 4.98 Å². The van der Waals surface area contributed by atoms with Crippen LogP contribution in [0, 0.1) is 20.8 Å². The maximum atomic E-state index is 5.45. The first kappa shape index (κ1) is 17.9. The number of aryl methyl sites for hydroxylation is 2. The minimum Gasteiger partial charge on any atom is -0.378 e. The lowest BCUT2D eigenvalue weighted by Crippen LogP contribution is -2.47. The maximum absolute atomic E-state index is 5.45. The molecule has 8 nitrogen and oxygen atoms in total. The molecule has 144 valence electrons. The van der Waals surface area contributed by atoms with E-state index in [0.29, 0.717) is 0 Å². The van der Waals surface area contributed by atoms with Crippen LogP contribution in [0.3, 0.4) is 0 Å². The summed E-state index contributed by atoms with van der Waals surface area (Å²) in [6.07, 6.45) is 1.66. The van der Waals surface area contributed by atoms with Gasteiger partial charge in [0.25, 0.3) is 0 Å². The van der Waals surface area contributed by atoms with Crippen LogP contribution in [-0.4, -0.2) is 72.4 Å². The van der Waals surface area contributed by atoms with Crippen molar-refractivity contribution in [1.82, 2.24) is 19.9 Å². The highest BCUT2D eigenvalue weighted by molar-refractivity contribution is 5.51. The van der Waals surface area contributed by atoms with E-state index in [1.165, 1.54) is 5.56 Å². The largest absolute Gasteiger partial charge is 0.378 e. The summed E-state index contributed by atoms with van der Waals surface area (Å²) in [4.78, 5) is 25.2. The highest BCUT2D eigenvalue weighted by Gasteiger charge is 2.23. The van der Waals surface area contributed by atoms with Crippen molar-refractivity contribution in [2.24, 2.45) is 0 Å². The summed E-state index contributed by atoms with van der Waals surface area (Å²) in [5.41, 5.74) is 3.22. The molecular formula is C19H27N7O. The van der Waals surface area contributed by atoms with E-state index < -0.39 is 0 Å². The van der Waals surface area contributed by atoms with E-state index in [1.807, 2.05) is 13.8 Å². The topological polar surface area (TPSA) is 70.5 Å². The van der Waals surface area contributed by atoms with Gasteiger partial charge in [-0.3, -0.25) is 0 Å². The van der Waals surface area contributed by atoms with Gasteiger partial charge >= 0.3 is 0 Å². The fourth-order valence-electron chi connectivity index (χ4n) is 3.60. The second-order valence-corrected chi connectivity index (χ2v) is 7.15. The van der Waals surface area contributed by atoms with Gasteiger partial charge in [0, 0.05) is 62.3 Å². The molecule has 2 aliphatic rings. The van der Waals surface area contributed by atoms with Gasteiger partial charge < -0.3 is 19.4 Å². The highest BCUT2D eigenvalue weighted by atomic mass is 16.5. The number of anilines is 3. The summed E-state index contributed by atoms with van der Waals surface area (Å²) < 4.78 is 5.45. The van der Waals surface area contributed by atoms with Gasteiger partial charge in [-0.25, -0.2) is 15.0 Å². The molecule has 0 spiro atoms. The second-order valence-electron chi connectivity index (χ2n) is 7.15. The number of hydrogen-bond donors (Lipinski definition) is 0. The third kappa shape index (κ3) is 3.80. The molecule has 0 saturated carbocycles. The average Bonchev–Trinajstić information content (AvgIpc) is 2.70. The SMILES string of the molecule is Cc1cc(N2CCN(c3ncnc(C)c3C)CC2)nc(N2CCOCC2)n1. The minimum absolute atomic E-state index is 0.739. The van der Waals surface area contributed by atoms with Crippen LogP contribution < -0.4 is 14.7 Å². The predicted octanol–water partition coefficient (Wildman–Crippen LogP) is 1.36. The Morgan fingerprint density at radius 2 is 1.52 bits per heavy atom. The summed E-state index contributed by atoms with van der Waals surface area (Å²) in [5.74, 6) is 2.88. The first-order valence-corrected chi connectivity index (χ1v) is 9.58. The zero-order valence-electron chi connectivity index (χ0n) is 16.4. The first-order chi connectivity index (χ1) is 13.1. The lowest BCUT2D eigenvalue weighted by molar-refractivity contribution is 0.122. The fraction of sp³-hybridized carbons (Fsp3) is 0.579. The molecular weight excluding hydrogens is 342 g/mol. The summed E-state index contributed by atoms with van der Waals surface area (Å²) in [6, 6.07) is 2.08. The monoisotopic (exact) mass is 369 g/mol. The van der Waals surface area contributed by atoms with Crippen LogP contribution in [0.2, 0.25) is 0 Å². The standard InChI is InChI=1S/C19H27N7O/c1-14-12-17(23-19(22-14)26-8-10-27-11-9-26)24-4-6-25(7-5-24)18-15(2)16(3)20-13-21-18/h12-13H,4-11H2,1-3H3. The Morgan fingerprint density at radius 3 is 2.26 bits per heavy atom. The van der Waals surface area contributed by atoms with E-state index in [4.69, 9.17) is 9.72 Å². The number of rotatable bonds is 3. The second kappa shape index (κ2) is 7.64. The molecule has 4 rings (SSSR count). The van der Waals surface area contributed by atoms with E-state index in [-0.39, 0.29) is 0 Å². The normalized spacial score (nSPS) is 18.1. The maximum Gasteiger partial charge on any atom is 0.227 e.